The molecule has 32 heavy (non-hydrogen) atoms. The molecule has 1 amide bonds. The smallest absolute Gasteiger partial charge is 0.281 e. The highest BCUT2D eigenvalue weighted by atomic mass is 32.2. The van der Waals surface area contributed by atoms with E-state index in [1.54, 1.807) is 28.8 Å². The summed E-state index contributed by atoms with van der Waals surface area (Å²) in [6.45, 7) is 4.50. The fourth-order valence-electron chi connectivity index (χ4n) is 4.14. The summed E-state index contributed by atoms with van der Waals surface area (Å²) < 4.78 is 34.2. The van der Waals surface area contributed by atoms with E-state index in [1.165, 1.54) is 4.31 Å². The molecule has 0 radical (unpaired) electrons. The number of nitrogens with one attached hydrogen (secondary N) is 1. The Morgan fingerprint density at radius 1 is 1.09 bits per heavy atom. The monoisotopic (exact) mass is 462 g/mol. The minimum Gasteiger partial charge on any atom is -0.355 e. The zero-order valence-electron chi connectivity index (χ0n) is 18.3. The highest BCUT2D eigenvalue weighted by Crippen LogP contribution is 2.25. The molecule has 2 fully saturated rings. The molecule has 174 valence electrons. The molecule has 11 heteroatoms. The maximum atomic E-state index is 12.9. The molecule has 1 N–H and O–H groups in total. The van der Waals surface area contributed by atoms with Crippen LogP contribution in [-0.2, 0) is 21.4 Å². The van der Waals surface area contributed by atoms with Crippen molar-refractivity contribution in [1.82, 2.24) is 29.1 Å². The van der Waals surface area contributed by atoms with Crippen molar-refractivity contribution in [2.75, 3.05) is 32.7 Å². The molecular weight excluding hydrogens is 432 g/mol. The Morgan fingerprint density at radius 3 is 2.38 bits per heavy atom. The van der Waals surface area contributed by atoms with Crippen LogP contribution in [0.2, 0.25) is 0 Å². The van der Waals surface area contributed by atoms with Crippen molar-refractivity contribution in [2.24, 2.45) is 11.8 Å². The minimum absolute atomic E-state index is 0.0494. The van der Waals surface area contributed by atoms with E-state index >= 15 is 0 Å². The number of piperidine rings is 2. The zero-order valence-corrected chi connectivity index (χ0v) is 19.1. The predicted octanol–water partition coefficient (Wildman–Crippen LogP) is 1.48. The first-order valence-corrected chi connectivity index (χ1v) is 12.6. The van der Waals surface area contributed by atoms with Gasteiger partial charge in [-0.3, -0.25) is 9.78 Å². The van der Waals surface area contributed by atoms with Gasteiger partial charge in [0.1, 0.15) is 0 Å². The van der Waals surface area contributed by atoms with Gasteiger partial charge < -0.3 is 9.84 Å². The molecule has 2 aromatic rings. The minimum atomic E-state index is -3.43. The zero-order chi connectivity index (χ0) is 22.6. The van der Waals surface area contributed by atoms with E-state index in [2.05, 4.69) is 27.4 Å². The second kappa shape index (κ2) is 10.1. The molecule has 2 saturated heterocycles. The van der Waals surface area contributed by atoms with E-state index in [-0.39, 0.29) is 11.8 Å². The first-order valence-electron chi connectivity index (χ1n) is 11.2. The van der Waals surface area contributed by atoms with E-state index in [0.29, 0.717) is 69.6 Å². The first kappa shape index (κ1) is 22.8. The van der Waals surface area contributed by atoms with Crippen LogP contribution in [0.15, 0.2) is 29.0 Å². The molecule has 0 atom stereocenters. The fourth-order valence-corrected chi connectivity index (χ4v) is 5.81. The van der Waals surface area contributed by atoms with Crippen molar-refractivity contribution in [2.45, 2.75) is 39.0 Å². The van der Waals surface area contributed by atoms with Gasteiger partial charge in [0.2, 0.25) is 5.91 Å². The van der Waals surface area contributed by atoms with Crippen molar-refractivity contribution in [1.29, 1.82) is 0 Å². The van der Waals surface area contributed by atoms with Crippen molar-refractivity contribution < 1.29 is 17.7 Å². The lowest BCUT2D eigenvalue weighted by atomic mass is 9.97. The SMILES string of the molecule is CC1CCN(S(=O)(=O)N2CCC(C(=O)NCCc3noc(-c4ccncc4)n3)CC2)CC1. The number of hydrogen-bond donors (Lipinski definition) is 1. The van der Waals surface area contributed by atoms with E-state index in [1.807, 2.05) is 0 Å². The Hall–Kier alpha value is -2.37. The molecule has 4 heterocycles. The highest BCUT2D eigenvalue weighted by molar-refractivity contribution is 7.86. The largest absolute Gasteiger partial charge is 0.355 e. The standard InChI is InChI=1S/C21H30N6O4S/c1-16-5-12-26(13-6-16)32(29,30)27-14-7-17(8-15-27)20(28)23-11-4-19-24-21(31-25-19)18-2-9-22-10-3-18/h2-3,9-10,16-17H,4-8,11-15H2,1H3,(H,23,28). The average molecular weight is 463 g/mol. The molecule has 0 aromatic carbocycles. The van der Waals surface area contributed by atoms with Gasteiger partial charge in [0.15, 0.2) is 5.82 Å². The summed E-state index contributed by atoms with van der Waals surface area (Å²) in [5.41, 5.74) is 0.795. The van der Waals surface area contributed by atoms with E-state index in [4.69, 9.17) is 4.52 Å². The Morgan fingerprint density at radius 2 is 1.72 bits per heavy atom. The van der Waals surface area contributed by atoms with Gasteiger partial charge in [-0.05, 0) is 43.7 Å². The maximum absolute atomic E-state index is 12.9. The van der Waals surface area contributed by atoms with E-state index < -0.39 is 10.2 Å². The number of hydrogen-bond acceptors (Lipinski definition) is 7. The van der Waals surface area contributed by atoms with E-state index in [0.717, 1.165) is 18.4 Å². The van der Waals surface area contributed by atoms with Crippen LogP contribution in [0.3, 0.4) is 0 Å². The van der Waals surface area contributed by atoms with Crippen molar-refractivity contribution in [3.8, 4) is 11.5 Å². The lowest BCUT2D eigenvalue weighted by Gasteiger charge is -2.37. The number of carbonyl (C=O) groups excluding carboxylic acids is 1. The van der Waals surface area contributed by atoms with Gasteiger partial charge in [-0.2, -0.15) is 22.0 Å². The van der Waals surface area contributed by atoms with Crippen molar-refractivity contribution >= 4 is 16.1 Å². The topological polar surface area (TPSA) is 122 Å². The first-order chi connectivity index (χ1) is 15.4. The third kappa shape index (κ3) is 5.33. The van der Waals surface area contributed by atoms with Crippen LogP contribution in [0.1, 0.15) is 38.4 Å². The van der Waals surface area contributed by atoms with Gasteiger partial charge in [-0.15, -0.1) is 0 Å². The molecule has 0 aliphatic carbocycles. The lowest BCUT2D eigenvalue weighted by molar-refractivity contribution is -0.126. The second-order valence-electron chi connectivity index (χ2n) is 8.56. The van der Waals surface area contributed by atoms with Crippen LogP contribution >= 0.6 is 0 Å². The normalized spacial score (nSPS) is 19.8. The van der Waals surface area contributed by atoms with Gasteiger partial charge in [0.05, 0.1) is 0 Å². The van der Waals surface area contributed by atoms with Gasteiger partial charge in [0.25, 0.3) is 16.1 Å². The number of amides is 1. The van der Waals surface area contributed by atoms with Gasteiger partial charge in [-0.25, -0.2) is 0 Å². The molecule has 2 aromatic heterocycles. The summed E-state index contributed by atoms with van der Waals surface area (Å²) in [5, 5.41) is 6.87. The van der Waals surface area contributed by atoms with Crippen LogP contribution in [0, 0.1) is 11.8 Å². The number of carbonyl (C=O) groups is 1. The van der Waals surface area contributed by atoms with Crippen LogP contribution < -0.4 is 5.32 Å². The molecule has 4 rings (SSSR count). The summed E-state index contributed by atoms with van der Waals surface area (Å²) in [5.74, 6) is 1.29. The Balaban J connectivity index is 1.21. The molecule has 0 unspecified atom stereocenters. The number of rotatable bonds is 7. The van der Waals surface area contributed by atoms with Crippen LogP contribution in [0.25, 0.3) is 11.5 Å². The average Bonchev–Trinajstić information content (AvgIpc) is 3.29. The Labute approximate surface area is 188 Å². The summed E-state index contributed by atoms with van der Waals surface area (Å²) in [4.78, 5) is 20.8. The molecule has 0 saturated carbocycles. The lowest BCUT2D eigenvalue weighted by Crippen LogP contribution is -2.50. The van der Waals surface area contributed by atoms with Crippen molar-refractivity contribution in [3.63, 3.8) is 0 Å². The van der Waals surface area contributed by atoms with Gasteiger partial charge in [0, 0.05) is 63.0 Å². The number of pyridine rings is 1. The Bertz CT molecular complexity index is 996. The maximum Gasteiger partial charge on any atom is 0.281 e. The third-order valence-corrected chi connectivity index (χ3v) is 8.30. The van der Waals surface area contributed by atoms with Crippen LogP contribution in [0.5, 0.6) is 0 Å². The van der Waals surface area contributed by atoms with Crippen molar-refractivity contribution in [3.05, 3.63) is 30.4 Å². The third-order valence-electron chi connectivity index (χ3n) is 6.26. The molecule has 0 bridgehead atoms. The summed E-state index contributed by atoms with van der Waals surface area (Å²) in [7, 11) is -3.43. The summed E-state index contributed by atoms with van der Waals surface area (Å²) in [6, 6.07) is 3.58. The number of aromatic nitrogens is 3. The molecule has 2 aliphatic rings. The molecule has 2 aliphatic heterocycles. The fraction of sp³-hybridized carbons (Fsp3) is 0.619. The molecular formula is C21H30N6O4S. The van der Waals surface area contributed by atoms with Crippen LogP contribution in [-0.4, -0.2) is 70.8 Å². The summed E-state index contributed by atoms with van der Waals surface area (Å²) >= 11 is 0. The van der Waals surface area contributed by atoms with Gasteiger partial charge >= 0.3 is 0 Å². The molecule has 10 nitrogen and oxygen atoms in total. The highest BCUT2D eigenvalue weighted by Gasteiger charge is 2.35. The quantitative estimate of drug-likeness (QED) is 0.661. The number of nitrogens with zero attached hydrogens (tertiary/aromatic N) is 5. The summed E-state index contributed by atoms with van der Waals surface area (Å²) in [6.07, 6.45) is 6.64. The Kier molecular flexibility index (Phi) is 7.17. The predicted molar refractivity (Wildman–Crippen MR) is 117 cm³/mol. The van der Waals surface area contributed by atoms with Crippen LogP contribution in [0.4, 0.5) is 0 Å². The second-order valence-corrected chi connectivity index (χ2v) is 10.5. The van der Waals surface area contributed by atoms with Gasteiger partial charge in [-0.1, -0.05) is 12.1 Å². The van der Waals surface area contributed by atoms with E-state index in [9.17, 15) is 13.2 Å². The molecule has 0 spiro atoms.